The molecule has 0 bridgehead atoms. The summed E-state index contributed by atoms with van der Waals surface area (Å²) in [5, 5.41) is 9.08. The molecule has 27 heavy (non-hydrogen) atoms. The van der Waals surface area contributed by atoms with Crippen LogP contribution in [0.3, 0.4) is 0 Å². The van der Waals surface area contributed by atoms with E-state index in [1.807, 2.05) is 36.3 Å². The minimum atomic E-state index is -0.290. The first-order chi connectivity index (χ1) is 13.1. The van der Waals surface area contributed by atoms with Gasteiger partial charge >= 0.3 is 0 Å². The van der Waals surface area contributed by atoms with Crippen molar-refractivity contribution in [3.05, 3.63) is 63.7 Å². The van der Waals surface area contributed by atoms with E-state index in [0.717, 1.165) is 21.7 Å². The summed E-state index contributed by atoms with van der Waals surface area (Å²) in [5.41, 5.74) is 2.46. The molecular formula is C20H22FN3O2S. The number of nitrogens with one attached hydrogen (secondary N) is 1. The summed E-state index contributed by atoms with van der Waals surface area (Å²) in [6.07, 6.45) is 0. The predicted molar refractivity (Wildman–Crippen MR) is 104 cm³/mol. The van der Waals surface area contributed by atoms with Crippen LogP contribution in [0.5, 0.6) is 0 Å². The Morgan fingerprint density at radius 3 is 2.74 bits per heavy atom. The molecule has 0 aliphatic heterocycles. The van der Waals surface area contributed by atoms with Crippen LogP contribution in [0, 0.1) is 12.7 Å². The lowest BCUT2D eigenvalue weighted by atomic mass is 10.1. The highest BCUT2D eigenvalue weighted by Crippen LogP contribution is 2.26. The highest BCUT2D eigenvalue weighted by Gasteiger charge is 2.17. The lowest BCUT2D eigenvalue weighted by molar-refractivity contribution is -0.122. The quantitative estimate of drug-likeness (QED) is 0.635. The van der Waals surface area contributed by atoms with Gasteiger partial charge in [-0.05, 0) is 49.2 Å². The summed E-state index contributed by atoms with van der Waals surface area (Å²) >= 11 is 1.62. The fraction of sp³-hybridized carbons (Fsp3) is 0.300. The van der Waals surface area contributed by atoms with Gasteiger partial charge in [-0.3, -0.25) is 9.69 Å². The third-order valence-electron chi connectivity index (χ3n) is 4.35. The van der Waals surface area contributed by atoms with Crippen molar-refractivity contribution in [3.63, 3.8) is 0 Å². The molecule has 3 rings (SSSR count). The smallest absolute Gasteiger partial charge is 0.234 e. The lowest BCUT2D eigenvalue weighted by Gasteiger charge is -2.18. The first-order valence-corrected chi connectivity index (χ1v) is 9.67. The van der Waals surface area contributed by atoms with Gasteiger partial charge in [-0.15, -0.1) is 11.3 Å². The molecule has 7 heteroatoms. The average Bonchev–Trinajstić information content (AvgIpc) is 3.31. The Morgan fingerprint density at radius 1 is 1.30 bits per heavy atom. The van der Waals surface area contributed by atoms with Gasteiger partial charge in [0.25, 0.3) is 0 Å². The summed E-state index contributed by atoms with van der Waals surface area (Å²) < 4.78 is 18.6. The van der Waals surface area contributed by atoms with Crippen molar-refractivity contribution >= 4 is 17.2 Å². The van der Waals surface area contributed by atoms with E-state index in [9.17, 15) is 9.18 Å². The molecule has 1 amide bonds. The number of hydrogen-bond donors (Lipinski definition) is 1. The van der Waals surface area contributed by atoms with E-state index in [1.165, 1.54) is 12.1 Å². The molecule has 0 atom stereocenters. The van der Waals surface area contributed by atoms with E-state index in [-0.39, 0.29) is 11.7 Å². The van der Waals surface area contributed by atoms with E-state index < -0.39 is 0 Å². The number of amides is 1. The Hall–Kier alpha value is -2.51. The molecule has 1 N–H and O–H groups in total. The summed E-state index contributed by atoms with van der Waals surface area (Å²) in [4.78, 5) is 15.3. The maximum absolute atomic E-state index is 13.1. The van der Waals surface area contributed by atoms with Crippen LogP contribution in [0.2, 0.25) is 0 Å². The number of benzene rings is 1. The van der Waals surface area contributed by atoms with Crippen LogP contribution in [0.15, 0.2) is 46.3 Å². The van der Waals surface area contributed by atoms with Gasteiger partial charge in [0.05, 0.1) is 13.1 Å². The average molecular weight is 387 g/mol. The topological polar surface area (TPSA) is 58.4 Å². The monoisotopic (exact) mass is 387 g/mol. The lowest BCUT2D eigenvalue weighted by Crippen LogP contribution is -2.36. The third kappa shape index (κ3) is 5.02. The third-order valence-corrected chi connectivity index (χ3v) is 5.23. The molecular weight excluding hydrogens is 365 g/mol. The standard InChI is InChI=1S/C20H22FN3O2S/c1-3-24(13-19(25)22-11-17-5-4-10-27-17)12-18-14(2)20(26-23-18)15-6-8-16(21)9-7-15/h4-10H,3,11-13H2,1-2H3,(H,22,25). The zero-order chi connectivity index (χ0) is 19.2. The number of carbonyl (C=O) groups is 1. The van der Waals surface area contributed by atoms with Crippen LogP contribution in [0.25, 0.3) is 11.3 Å². The van der Waals surface area contributed by atoms with E-state index >= 15 is 0 Å². The van der Waals surface area contributed by atoms with Gasteiger partial charge in [-0.25, -0.2) is 4.39 Å². The van der Waals surface area contributed by atoms with Gasteiger partial charge in [0.2, 0.25) is 5.91 Å². The van der Waals surface area contributed by atoms with Gasteiger partial charge in [-0.1, -0.05) is 18.1 Å². The summed E-state index contributed by atoms with van der Waals surface area (Å²) in [6, 6.07) is 10.1. The molecule has 0 aliphatic rings. The minimum Gasteiger partial charge on any atom is -0.356 e. The molecule has 0 saturated carbocycles. The molecule has 3 aromatic rings. The van der Waals surface area contributed by atoms with Gasteiger partial charge in [0.15, 0.2) is 5.76 Å². The zero-order valence-electron chi connectivity index (χ0n) is 15.4. The van der Waals surface area contributed by atoms with Crippen LogP contribution in [-0.2, 0) is 17.9 Å². The Labute approximate surface area is 161 Å². The fourth-order valence-corrected chi connectivity index (χ4v) is 3.38. The Balaban J connectivity index is 1.61. The van der Waals surface area contributed by atoms with Crippen LogP contribution in [-0.4, -0.2) is 29.1 Å². The second-order valence-electron chi connectivity index (χ2n) is 6.25. The molecule has 0 unspecified atom stereocenters. The second-order valence-corrected chi connectivity index (χ2v) is 7.28. The molecule has 0 saturated heterocycles. The first kappa shape index (κ1) is 19.3. The summed E-state index contributed by atoms with van der Waals surface area (Å²) in [6.45, 7) is 5.99. The van der Waals surface area contributed by atoms with Gasteiger partial charge in [-0.2, -0.15) is 0 Å². The number of thiophene rings is 1. The molecule has 2 heterocycles. The second kappa shape index (κ2) is 8.92. The van der Waals surface area contributed by atoms with Crippen LogP contribution >= 0.6 is 11.3 Å². The molecule has 0 aliphatic carbocycles. The van der Waals surface area contributed by atoms with Crippen molar-refractivity contribution in [3.8, 4) is 11.3 Å². The normalized spacial score (nSPS) is 11.1. The SMILES string of the molecule is CCN(CC(=O)NCc1cccs1)Cc1noc(-c2ccc(F)cc2)c1C. The maximum Gasteiger partial charge on any atom is 0.234 e. The molecule has 0 fully saturated rings. The van der Waals surface area contributed by atoms with Crippen molar-refractivity contribution in [1.29, 1.82) is 0 Å². The highest BCUT2D eigenvalue weighted by atomic mass is 32.1. The van der Waals surface area contributed by atoms with Gasteiger partial charge < -0.3 is 9.84 Å². The van der Waals surface area contributed by atoms with E-state index in [2.05, 4.69) is 10.5 Å². The van der Waals surface area contributed by atoms with Crippen LogP contribution in [0.1, 0.15) is 23.1 Å². The number of likely N-dealkylation sites (N-methyl/N-ethyl adjacent to an activating group) is 1. The molecule has 0 spiro atoms. The van der Waals surface area contributed by atoms with Crippen LogP contribution in [0.4, 0.5) is 4.39 Å². The maximum atomic E-state index is 13.1. The highest BCUT2D eigenvalue weighted by molar-refractivity contribution is 7.09. The van der Waals surface area contributed by atoms with Crippen LogP contribution < -0.4 is 5.32 Å². The first-order valence-electron chi connectivity index (χ1n) is 8.79. The van der Waals surface area contributed by atoms with Crippen molar-refractivity contribution in [2.24, 2.45) is 0 Å². The summed E-state index contributed by atoms with van der Waals surface area (Å²) in [5.74, 6) is 0.315. The number of hydrogen-bond acceptors (Lipinski definition) is 5. The number of aromatic nitrogens is 1. The molecule has 1 aromatic carbocycles. The fourth-order valence-electron chi connectivity index (χ4n) is 2.74. The van der Waals surface area contributed by atoms with Gasteiger partial charge in [0, 0.05) is 22.5 Å². The Kier molecular flexibility index (Phi) is 6.36. The van der Waals surface area contributed by atoms with E-state index in [1.54, 1.807) is 23.5 Å². The van der Waals surface area contributed by atoms with Crippen molar-refractivity contribution < 1.29 is 13.7 Å². The summed E-state index contributed by atoms with van der Waals surface area (Å²) in [7, 11) is 0. The predicted octanol–water partition coefficient (Wildman–Crippen LogP) is 3.99. The molecule has 5 nitrogen and oxygen atoms in total. The number of halogens is 1. The minimum absolute atomic E-state index is 0.0230. The zero-order valence-corrected chi connectivity index (χ0v) is 16.2. The largest absolute Gasteiger partial charge is 0.356 e. The molecule has 142 valence electrons. The van der Waals surface area contributed by atoms with E-state index in [0.29, 0.717) is 31.9 Å². The van der Waals surface area contributed by atoms with Crippen molar-refractivity contribution in [2.45, 2.75) is 26.9 Å². The molecule has 0 radical (unpaired) electrons. The van der Waals surface area contributed by atoms with Crippen molar-refractivity contribution in [2.75, 3.05) is 13.1 Å². The van der Waals surface area contributed by atoms with E-state index in [4.69, 9.17) is 4.52 Å². The Bertz CT molecular complexity index is 875. The van der Waals surface area contributed by atoms with Gasteiger partial charge in [0.1, 0.15) is 11.5 Å². The molecule has 2 aromatic heterocycles. The number of nitrogens with zero attached hydrogens (tertiary/aromatic N) is 2. The Morgan fingerprint density at radius 2 is 2.07 bits per heavy atom. The number of carbonyl (C=O) groups excluding carboxylic acids is 1. The number of rotatable bonds is 8. The van der Waals surface area contributed by atoms with Crippen molar-refractivity contribution in [1.82, 2.24) is 15.4 Å².